The first kappa shape index (κ1) is 48.1. The molecular formula is C47H58N10O7. The minimum absolute atomic E-state index is 0.0105. The van der Waals surface area contributed by atoms with Crippen LogP contribution >= 0.6 is 0 Å². The molecule has 3 aromatic carbocycles. The first-order valence-electron chi connectivity index (χ1n) is 21.1. The third-order valence-electron chi connectivity index (χ3n) is 11.0. The average molecular weight is 875 g/mol. The molecule has 2 heterocycles. The molecule has 0 radical (unpaired) electrons. The van der Waals surface area contributed by atoms with Gasteiger partial charge in [-0.15, -0.1) is 0 Å². The lowest BCUT2D eigenvalue weighted by Crippen LogP contribution is -2.56. The molecule has 1 aliphatic heterocycles. The number of nitrogens with zero attached hydrogens (tertiary/aromatic N) is 4. The number of ether oxygens (including phenoxy) is 1. The van der Waals surface area contributed by atoms with Gasteiger partial charge in [0.2, 0.25) is 23.6 Å². The number of likely N-dealkylation sites (N-methyl/N-ethyl adjacent to an activating group) is 1. The molecule has 0 spiro atoms. The number of aromatic hydroxyl groups is 1. The Labute approximate surface area is 373 Å². The topological polar surface area (TPSA) is 268 Å². The predicted molar refractivity (Wildman–Crippen MR) is 241 cm³/mol. The average Bonchev–Trinajstić information content (AvgIpc) is 3.25. The first-order valence-corrected chi connectivity index (χ1v) is 21.1. The van der Waals surface area contributed by atoms with E-state index in [0.717, 1.165) is 16.0 Å². The van der Waals surface area contributed by atoms with E-state index in [1.807, 2.05) is 30.3 Å². The van der Waals surface area contributed by atoms with Crippen LogP contribution in [-0.2, 0) is 31.0 Å². The Morgan fingerprint density at radius 3 is 2.27 bits per heavy atom. The highest BCUT2D eigenvalue weighted by molar-refractivity contribution is 6.00. The Bertz CT molecular complexity index is 2420. The zero-order valence-corrected chi connectivity index (χ0v) is 37.5. The summed E-state index contributed by atoms with van der Waals surface area (Å²) in [5.41, 5.74) is 16.1. The van der Waals surface area contributed by atoms with Gasteiger partial charge in [-0.05, 0) is 87.0 Å². The van der Waals surface area contributed by atoms with Gasteiger partial charge < -0.3 is 47.5 Å². The second-order valence-electron chi connectivity index (χ2n) is 17.0. The highest BCUT2D eigenvalue weighted by Gasteiger charge is 2.36. The highest BCUT2D eigenvalue weighted by atomic mass is 16.5. The van der Waals surface area contributed by atoms with E-state index in [1.165, 1.54) is 32.2 Å². The van der Waals surface area contributed by atoms with Crippen LogP contribution in [0.25, 0.3) is 22.5 Å². The molecular weight excluding hydrogens is 817 g/mol. The third kappa shape index (κ3) is 11.2. The number of fused-ring (bicyclic) bond motifs is 5. The number of phenols is 1. The summed E-state index contributed by atoms with van der Waals surface area (Å²) in [7, 11) is 1.38. The molecule has 4 bridgehead atoms. The number of phenolic OH excluding ortho intramolecular Hbond substituents is 1. The SMILES string of the molecule is Cc1nc(-c2ccc(C(C)(C)C)cc2)nc(C)c1C(=O)N[C@@H](CCN)C(=O)N(C)[C@@H]1C(=O)N[C@@H](C)C(=O)N[C@H](C(=O)NCC#N)Cc2ccc(OC(C)CN)c(c2)-c2cc1ccc2O. The number of rotatable bonds is 12. The highest BCUT2D eigenvalue weighted by Crippen LogP contribution is 2.40. The van der Waals surface area contributed by atoms with E-state index in [0.29, 0.717) is 34.1 Å². The van der Waals surface area contributed by atoms with Crippen LogP contribution in [0.3, 0.4) is 0 Å². The van der Waals surface area contributed by atoms with E-state index >= 15 is 0 Å². The second-order valence-corrected chi connectivity index (χ2v) is 17.0. The molecule has 338 valence electrons. The van der Waals surface area contributed by atoms with Gasteiger partial charge in [-0.25, -0.2) is 9.97 Å². The molecule has 17 nitrogen and oxygen atoms in total. The number of nitrogens with one attached hydrogen (secondary N) is 4. The number of benzene rings is 3. The van der Waals surface area contributed by atoms with Gasteiger partial charge in [0.15, 0.2) is 5.82 Å². The molecule has 17 heteroatoms. The summed E-state index contributed by atoms with van der Waals surface area (Å²) in [5, 5.41) is 31.1. The minimum atomic E-state index is -1.44. The van der Waals surface area contributed by atoms with Gasteiger partial charge in [-0.2, -0.15) is 5.26 Å². The number of nitrogens with two attached hydrogens (primary N) is 2. The molecule has 0 fully saturated rings. The summed E-state index contributed by atoms with van der Waals surface area (Å²) in [6, 6.07) is 14.1. The van der Waals surface area contributed by atoms with E-state index < -0.39 is 59.8 Å². The lowest BCUT2D eigenvalue weighted by atomic mass is 9.86. The third-order valence-corrected chi connectivity index (χ3v) is 11.0. The number of hydrogen-bond donors (Lipinski definition) is 7. The van der Waals surface area contributed by atoms with Crippen LogP contribution < -0.4 is 37.5 Å². The Morgan fingerprint density at radius 1 is 0.984 bits per heavy atom. The normalized spacial score (nSPS) is 17.4. The fraction of sp³-hybridized carbons (Fsp3) is 0.404. The van der Waals surface area contributed by atoms with E-state index in [4.69, 9.17) is 21.5 Å². The van der Waals surface area contributed by atoms with Crippen molar-refractivity contribution in [1.29, 1.82) is 5.26 Å². The Hall–Kier alpha value is -6.90. The lowest BCUT2D eigenvalue weighted by Gasteiger charge is -2.32. The largest absolute Gasteiger partial charge is 0.507 e. The smallest absolute Gasteiger partial charge is 0.255 e. The van der Waals surface area contributed by atoms with Crippen molar-refractivity contribution in [3.8, 4) is 40.1 Å². The van der Waals surface area contributed by atoms with E-state index in [9.17, 15) is 29.1 Å². The number of hydrogen-bond acceptors (Lipinski definition) is 12. The van der Waals surface area contributed by atoms with Crippen molar-refractivity contribution in [2.45, 2.75) is 97.0 Å². The van der Waals surface area contributed by atoms with E-state index in [-0.39, 0.29) is 60.3 Å². The van der Waals surface area contributed by atoms with Crippen LogP contribution in [0.4, 0.5) is 0 Å². The number of aryl methyl sites for hydroxylation is 2. The second kappa shape index (κ2) is 20.5. The molecule has 9 N–H and O–H groups in total. The monoisotopic (exact) mass is 874 g/mol. The van der Waals surface area contributed by atoms with Crippen molar-refractivity contribution < 1.29 is 33.8 Å². The fourth-order valence-corrected chi connectivity index (χ4v) is 7.44. The summed E-state index contributed by atoms with van der Waals surface area (Å²) >= 11 is 0. The van der Waals surface area contributed by atoms with Crippen molar-refractivity contribution in [3.05, 3.63) is 94.3 Å². The van der Waals surface area contributed by atoms with Gasteiger partial charge in [-0.1, -0.05) is 57.2 Å². The predicted octanol–water partition coefficient (Wildman–Crippen LogP) is 2.99. The molecule has 64 heavy (non-hydrogen) atoms. The van der Waals surface area contributed by atoms with Gasteiger partial charge in [0.1, 0.15) is 48.3 Å². The Kier molecular flexibility index (Phi) is 15.4. The van der Waals surface area contributed by atoms with Crippen molar-refractivity contribution in [3.63, 3.8) is 0 Å². The maximum Gasteiger partial charge on any atom is 0.255 e. The van der Waals surface area contributed by atoms with Crippen molar-refractivity contribution in [2.24, 2.45) is 11.5 Å². The van der Waals surface area contributed by atoms with Crippen LogP contribution in [0.15, 0.2) is 60.7 Å². The van der Waals surface area contributed by atoms with Crippen molar-refractivity contribution >= 4 is 29.5 Å². The molecule has 4 aromatic rings. The molecule has 0 saturated heterocycles. The van der Waals surface area contributed by atoms with Crippen LogP contribution in [0, 0.1) is 25.2 Å². The number of carbonyl (C=O) groups excluding carboxylic acids is 5. The van der Waals surface area contributed by atoms with E-state index in [2.05, 4.69) is 52.0 Å². The van der Waals surface area contributed by atoms with Gasteiger partial charge in [0, 0.05) is 36.7 Å². The van der Waals surface area contributed by atoms with Gasteiger partial charge in [0.25, 0.3) is 5.91 Å². The van der Waals surface area contributed by atoms with Gasteiger partial charge >= 0.3 is 0 Å². The van der Waals surface area contributed by atoms with Crippen LogP contribution in [0.5, 0.6) is 11.5 Å². The van der Waals surface area contributed by atoms with Gasteiger partial charge in [-0.3, -0.25) is 24.0 Å². The molecule has 1 aromatic heterocycles. The minimum Gasteiger partial charge on any atom is -0.507 e. The quantitative estimate of drug-likeness (QED) is 0.101. The summed E-state index contributed by atoms with van der Waals surface area (Å²) in [6.45, 7) is 12.8. The molecule has 5 atom stereocenters. The number of carbonyl (C=O) groups is 5. The summed E-state index contributed by atoms with van der Waals surface area (Å²) in [5.74, 6) is -2.88. The zero-order valence-electron chi connectivity index (χ0n) is 37.5. The summed E-state index contributed by atoms with van der Waals surface area (Å²) in [6.07, 6.45) is -0.494. The Morgan fingerprint density at radius 2 is 1.66 bits per heavy atom. The standard InChI is InChI=1S/C47H58N10O7/c1-25(24-50)64-38-16-9-29-21-34(38)33-23-31(12-15-37(33)58)40(45(62)54-28(4)42(59)56-36(22-29)43(60)51-20-19-49)57(8)46(63)35(17-18-48)55-44(61)39-26(2)52-41(53-27(39)3)30-10-13-32(14-11-30)47(5,6)7/h9-16,21,23,25,28,35-36,40,58H,17-18,20,22,24,48,50H2,1-8H3,(H,51,60)(H,54,62)(H,55,61)(H,56,59)/t25?,28-,35-,36-,40-/m0/s1. The lowest BCUT2D eigenvalue weighted by molar-refractivity contribution is -0.141. The van der Waals surface area contributed by atoms with Crippen LogP contribution in [-0.4, -0.2) is 100 Å². The number of amides is 5. The van der Waals surface area contributed by atoms with Crippen LogP contribution in [0.1, 0.15) is 85.5 Å². The molecule has 1 unspecified atom stereocenters. The maximum atomic E-state index is 14.6. The van der Waals surface area contributed by atoms with Crippen molar-refractivity contribution in [1.82, 2.24) is 36.1 Å². The number of aromatic nitrogens is 2. The Balaban J connectivity index is 1.54. The maximum absolute atomic E-state index is 14.6. The number of nitriles is 1. The molecule has 5 rings (SSSR count). The zero-order chi connectivity index (χ0) is 47.0. The summed E-state index contributed by atoms with van der Waals surface area (Å²) < 4.78 is 6.15. The molecule has 5 amide bonds. The fourth-order valence-electron chi connectivity index (χ4n) is 7.44. The molecule has 0 saturated carbocycles. The summed E-state index contributed by atoms with van der Waals surface area (Å²) in [4.78, 5) is 80.5. The first-order chi connectivity index (χ1) is 30.3. The van der Waals surface area contributed by atoms with E-state index in [1.54, 1.807) is 39.0 Å². The molecule has 0 aliphatic carbocycles. The van der Waals surface area contributed by atoms with Gasteiger partial charge in [0.05, 0.1) is 23.0 Å². The van der Waals surface area contributed by atoms with Crippen LogP contribution in [0.2, 0.25) is 0 Å². The van der Waals surface area contributed by atoms with Crippen molar-refractivity contribution in [2.75, 3.05) is 26.7 Å². The molecule has 1 aliphatic rings.